The van der Waals surface area contributed by atoms with Gasteiger partial charge in [-0.1, -0.05) is 6.07 Å². The summed E-state index contributed by atoms with van der Waals surface area (Å²) < 4.78 is 0. The second-order valence-electron chi connectivity index (χ2n) is 5.86. The van der Waals surface area contributed by atoms with Gasteiger partial charge in [0.2, 0.25) is 11.8 Å². The lowest BCUT2D eigenvalue weighted by molar-refractivity contribution is -0.116. The molecule has 0 spiro atoms. The van der Waals surface area contributed by atoms with Crippen molar-refractivity contribution >= 4 is 34.1 Å². The normalized spacial score (nSPS) is 10.6. The fourth-order valence-corrected chi connectivity index (χ4v) is 2.67. The number of carbonyl (C=O) groups is 2. The van der Waals surface area contributed by atoms with E-state index in [9.17, 15) is 9.59 Å². The van der Waals surface area contributed by atoms with Gasteiger partial charge in [0, 0.05) is 29.5 Å². The second kappa shape index (κ2) is 6.58. The van der Waals surface area contributed by atoms with Crippen LogP contribution in [-0.2, 0) is 16.0 Å². The summed E-state index contributed by atoms with van der Waals surface area (Å²) in [6.45, 7) is 3.47. The number of aromatic amines is 1. The summed E-state index contributed by atoms with van der Waals surface area (Å²) in [6, 6.07) is 15.1. The lowest BCUT2D eigenvalue weighted by Gasteiger charge is -2.07. The maximum atomic E-state index is 12.2. The maximum Gasteiger partial charge on any atom is 0.228 e. The number of benzene rings is 2. The van der Waals surface area contributed by atoms with Gasteiger partial charge >= 0.3 is 0 Å². The number of anilines is 2. The Bertz CT molecular complexity index is 895. The van der Waals surface area contributed by atoms with Crippen LogP contribution in [0.2, 0.25) is 0 Å². The van der Waals surface area contributed by atoms with E-state index in [1.807, 2.05) is 25.1 Å². The van der Waals surface area contributed by atoms with Gasteiger partial charge in [-0.15, -0.1) is 0 Å². The summed E-state index contributed by atoms with van der Waals surface area (Å²) in [5.74, 6) is -0.198. The summed E-state index contributed by atoms with van der Waals surface area (Å²) in [5.41, 5.74) is 4.55. The number of hydrogen-bond donors (Lipinski definition) is 3. The van der Waals surface area contributed by atoms with Crippen molar-refractivity contribution in [1.29, 1.82) is 0 Å². The molecule has 0 radical (unpaired) electrons. The van der Waals surface area contributed by atoms with E-state index >= 15 is 0 Å². The minimum Gasteiger partial charge on any atom is -0.359 e. The molecule has 0 atom stereocenters. The number of rotatable bonds is 4. The van der Waals surface area contributed by atoms with Crippen LogP contribution in [0.1, 0.15) is 18.2 Å². The molecule has 3 rings (SSSR count). The first-order valence-corrected chi connectivity index (χ1v) is 7.75. The number of H-pyrrole nitrogens is 1. The highest BCUT2D eigenvalue weighted by atomic mass is 16.2. The maximum absolute atomic E-state index is 12.2. The number of fused-ring (bicyclic) bond motifs is 1. The van der Waals surface area contributed by atoms with Crippen LogP contribution < -0.4 is 10.6 Å². The Hall–Kier alpha value is -3.08. The number of aromatic nitrogens is 1. The van der Waals surface area contributed by atoms with Crippen LogP contribution in [0.3, 0.4) is 0 Å². The molecule has 1 heterocycles. The Morgan fingerprint density at radius 1 is 0.958 bits per heavy atom. The van der Waals surface area contributed by atoms with Gasteiger partial charge in [-0.2, -0.15) is 0 Å². The van der Waals surface area contributed by atoms with Crippen LogP contribution in [0.15, 0.2) is 48.5 Å². The summed E-state index contributed by atoms with van der Waals surface area (Å²) in [5, 5.41) is 6.66. The molecule has 0 saturated carbocycles. The SMILES string of the molecule is CC(=O)Nc1ccc(NC(=O)Cc2ccc3[nH]c(C)cc3c2)cc1. The van der Waals surface area contributed by atoms with Gasteiger partial charge in [0.1, 0.15) is 0 Å². The first-order chi connectivity index (χ1) is 11.5. The fourth-order valence-electron chi connectivity index (χ4n) is 2.67. The molecule has 0 bridgehead atoms. The fraction of sp³-hybridized carbons (Fsp3) is 0.158. The molecule has 3 N–H and O–H groups in total. The Morgan fingerprint density at radius 3 is 2.29 bits per heavy atom. The Morgan fingerprint density at radius 2 is 1.62 bits per heavy atom. The third-order valence-corrected chi connectivity index (χ3v) is 3.67. The van der Waals surface area contributed by atoms with Crippen LogP contribution >= 0.6 is 0 Å². The molecule has 122 valence electrons. The highest BCUT2D eigenvalue weighted by Crippen LogP contribution is 2.18. The standard InChI is InChI=1S/C19H19N3O2/c1-12-9-15-10-14(3-8-18(15)20-12)11-19(24)22-17-6-4-16(5-7-17)21-13(2)23/h3-10,20H,11H2,1-2H3,(H,21,23)(H,22,24). The van der Waals surface area contributed by atoms with Gasteiger partial charge in [-0.3, -0.25) is 9.59 Å². The molecule has 0 unspecified atom stereocenters. The molecule has 0 aliphatic carbocycles. The van der Waals surface area contributed by atoms with Crippen molar-refractivity contribution in [3.63, 3.8) is 0 Å². The molecule has 0 aliphatic heterocycles. The Labute approximate surface area is 140 Å². The number of amides is 2. The van der Waals surface area contributed by atoms with E-state index in [2.05, 4.69) is 21.7 Å². The number of carbonyl (C=O) groups excluding carboxylic acids is 2. The molecule has 5 nitrogen and oxygen atoms in total. The van der Waals surface area contributed by atoms with Crippen LogP contribution in [0.25, 0.3) is 10.9 Å². The van der Waals surface area contributed by atoms with E-state index in [1.54, 1.807) is 24.3 Å². The van der Waals surface area contributed by atoms with Gasteiger partial charge in [0.15, 0.2) is 0 Å². The molecule has 2 amide bonds. The van der Waals surface area contributed by atoms with Crippen molar-refractivity contribution in [3.05, 3.63) is 59.8 Å². The van der Waals surface area contributed by atoms with Crippen molar-refractivity contribution < 1.29 is 9.59 Å². The molecule has 0 saturated heterocycles. The molecule has 1 aromatic heterocycles. The first kappa shape index (κ1) is 15.8. The third-order valence-electron chi connectivity index (χ3n) is 3.67. The minimum absolute atomic E-state index is 0.0751. The lowest BCUT2D eigenvalue weighted by atomic mass is 10.1. The van der Waals surface area contributed by atoms with Crippen molar-refractivity contribution in [2.75, 3.05) is 10.6 Å². The predicted molar refractivity (Wildman–Crippen MR) is 96.1 cm³/mol. The van der Waals surface area contributed by atoms with Crippen LogP contribution in [0.5, 0.6) is 0 Å². The zero-order valence-corrected chi connectivity index (χ0v) is 13.6. The quantitative estimate of drug-likeness (QED) is 0.686. The molecule has 0 aliphatic rings. The smallest absolute Gasteiger partial charge is 0.228 e. The molecule has 24 heavy (non-hydrogen) atoms. The van der Waals surface area contributed by atoms with Gasteiger partial charge in [-0.05, 0) is 60.3 Å². The third kappa shape index (κ3) is 3.81. The minimum atomic E-state index is -0.123. The highest BCUT2D eigenvalue weighted by Gasteiger charge is 2.06. The lowest BCUT2D eigenvalue weighted by Crippen LogP contribution is -2.14. The van der Waals surface area contributed by atoms with E-state index in [0.29, 0.717) is 17.8 Å². The topological polar surface area (TPSA) is 74.0 Å². The summed E-state index contributed by atoms with van der Waals surface area (Å²) in [7, 11) is 0. The van der Waals surface area contributed by atoms with Gasteiger partial charge < -0.3 is 15.6 Å². The molecular weight excluding hydrogens is 302 g/mol. The van der Waals surface area contributed by atoms with Crippen molar-refractivity contribution in [2.45, 2.75) is 20.3 Å². The highest BCUT2D eigenvalue weighted by molar-refractivity contribution is 5.94. The van der Waals surface area contributed by atoms with Gasteiger partial charge in [0.25, 0.3) is 0 Å². The number of nitrogens with one attached hydrogen (secondary N) is 3. The summed E-state index contributed by atoms with van der Waals surface area (Å²) in [6.07, 6.45) is 0.313. The zero-order chi connectivity index (χ0) is 17.1. The van der Waals surface area contributed by atoms with E-state index in [-0.39, 0.29) is 11.8 Å². The van der Waals surface area contributed by atoms with Crippen molar-refractivity contribution in [3.8, 4) is 0 Å². The van der Waals surface area contributed by atoms with Crippen LogP contribution in [0, 0.1) is 6.92 Å². The van der Waals surface area contributed by atoms with E-state index in [0.717, 1.165) is 22.2 Å². The number of hydrogen-bond acceptors (Lipinski definition) is 2. The molecule has 0 fully saturated rings. The summed E-state index contributed by atoms with van der Waals surface area (Å²) >= 11 is 0. The largest absolute Gasteiger partial charge is 0.359 e. The second-order valence-corrected chi connectivity index (χ2v) is 5.86. The van der Waals surface area contributed by atoms with E-state index in [4.69, 9.17) is 0 Å². The van der Waals surface area contributed by atoms with Crippen LogP contribution in [-0.4, -0.2) is 16.8 Å². The molecule has 2 aromatic carbocycles. The molecular formula is C19H19N3O2. The first-order valence-electron chi connectivity index (χ1n) is 7.75. The summed E-state index contributed by atoms with van der Waals surface area (Å²) in [4.78, 5) is 26.5. The van der Waals surface area contributed by atoms with Gasteiger partial charge in [-0.25, -0.2) is 0 Å². The average Bonchev–Trinajstić information content (AvgIpc) is 2.88. The van der Waals surface area contributed by atoms with E-state index < -0.39 is 0 Å². The number of aryl methyl sites for hydroxylation is 1. The predicted octanol–water partition coefficient (Wildman–Crippen LogP) is 3.62. The van der Waals surface area contributed by atoms with Gasteiger partial charge in [0.05, 0.1) is 6.42 Å². The Kier molecular flexibility index (Phi) is 4.33. The zero-order valence-electron chi connectivity index (χ0n) is 13.6. The average molecular weight is 321 g/mol. The Balaban J connectivity index is 1.64. The van der Waals surface area contributed by atoms with Crippen molar-refractivity contribution in [2.24, 2.45) is 0 Å². The molecule has 5 heteroatoms. The molecule has 3 aromatic rings. The van der Waals surface area contributed by atoms with Crippen LogP contribution in [0.4, 0.5) is 11.4 Å². The van der Waals surface area contributed by atoms with Crippen molar-refractivity contribution in [1.82, 2.24) is 4.98 Å². The monoisotopic (exact) mass is 321 g/mol. The van der Waals surface area contributed by atoms with E-state index in [1.165, 1.54) is 6.92 Å².